The number of rotatable bonds is 6. The minimum absolute atomic E-state index is 0.0431. The molecule has 0 spiro atoms. The summed E-state index contributed by atoms with van der Waals surface area (Å²) >= 11 is 0. The third kappa shape index (κ3) is 4.34. The van der Waals surface area contributed by atoms with E-state index in [4.69, 9.17) is 4.74 Å². The Hall–Kier alpha value is -2.30. The summed E-state index contributed by atoms with van der Waals surface area (Å²) in [6, 6.07) is 11.8. The van der Waals surface area contributed by atoms with Gasteiger partial charge in [-0.2, -0.15) is 5.10 Å². The van der Waals surface area contributed by atoms with E-state index >= 15 is 0 Å². The number of carbonyl (C=O) groups is 1. The average Bonchev–Trinajstić information content (AvgIpc) is 3.05. The van der Waals surface area contributed by atoms with Crippen LogP contribution in [0.2, 0.25) is 0 Å². The van der Waals surface area contributed by atoms with Gasteiger partial charge in [0, 0.05) is 6.07 Å². The smallest absolute Gasteiger partial charge is 0.228 e. The SMILES string of the molecule is O=C(CCOc1ccccc1)Nc1ccnn1C1CCCCC1. The van der Waals surface area contributed by atoms with E-state index in [1.165, 1.54) is 19.3 Å². The number of carbonyl (C=O) groups excluding carboxylic acids is 1. The first-order valence-electron chi connectivity index (χ1n) is 8.34. The van der Waals surface area contributed by atoms with E-state index in [9.17, 15) is 4.79 Å². The Morgan fingerprint density at radius 1 is 1.17 bits per heavy atom. The molecule has 3 rings (SSSR count). The Morgan fingerprint density at radius 2 is 1.96 bits per heavy atom. The zero-order valence-electron chi connectivity index (χ0n) is 13.3. The number of para-hydroxylation sites is 1. The van der Waals surface area contributed by atoms with E-state index in [0.29, 0.717) is 19.1 Å². The molecule has 0 saturated heterocycles. The molecular formula is C18H23N3O2. The van der Waals surface area contributed by atoms with Crippen LogP contribution in [0.3, 0.4) is 0 Å². The lowest BCUT2D eigenvalue weighted by Gasteiger charge is -2.23. The maximum absolute atomic E-state index is 12.1. The first-order valence-corrected chi connectivity index (χ1v) is 8.34. The molecule has 1 N–H and O–H groups in total. The fourth-order valence-electron chi connectivity index (χ4n) is 3.01. The van der Waals surface area contributed by atoms with Gasteiger partial charge in [-0.05, 0) is 25.0 Å². The van der Waals surface area contributed by atoms with Crippen LogP contribution in [0, 0.1) is 0 Å². The van der Waals surface area contributed by atoms with Crippen molar-refractivity contribution in [3.63, 3.8) is 0 Å². The summed E-state index contributed by atoms with van der Waals surface area (Å²) in [6.45, 7) is 0.368. The lowest BCUT2D eigenvalue weighted by Crippen LogP contribution is -2.21. The van der Waals surface area contributed by atoms with Crippen molar-refractivity contribution in [3.8, 4) is 5.75 Å². The van der Waals surface area contributed by atoms with Crippen LogP contribution < -0.4 is 10.1 Å². The maximum atomic E-state index is 12.1. The number of benzene rings is 1. The number of anilines is 1. The molecule has 1 saturated carbocycles. The van der Waals surface area contributed by atoms with Gasteiger partial charge < -0.3 is 10.1 Å². The summed E-state index contributed by atoms with van der Waals surface area (Å²) in [7, 11) is 0. The van der Waals surface area contributed by atoms with E-state index in [0.717, 1.165) is 24.4 Å². The highest BCUT2D eigenvalue weighted by Gasteiger charge is 2.19. The molecule has 2 aromatic rings. The van der Waals surface area contributed by atoms with Crippen LogP contribution in [0.25, 0.3) is 0 Å². The Balaban J connectivity index is 1.49. The highest BCUT2D eigenvalue weighted by molar-refractivity contribution is 5.89. The Labute approximate surface area is 136 Å². The standard InChI is InChI=1S/C18H23N3O2/c22-18(12-14-23-16-9-5-2-6-10-16)20-17-11-13-19-21(17)15-7-3-1-4-8-15/h2,5-6,9-11,13,15H,1,3-4,7-8,12,14H2,(H,20,22). The van der Waals surface area contributed by atoms with Crippen molar-refractivity contribution in [1.82, 2.24) is 9.78 Å². The second-order valence-electron chi connectivity index (χ2n) is 5.91. The average molecular weight is 313 g/mol. The van der Waals surface area contributed by atoms with E-state index in [1.807, 2.05) is 41.1 Å². The largest absolute Gasteiger partial charge is 0.493 e. The molecule has 1 heterocycles. The molecule has 0 aliphatic heterocycles. The van der Waals surface area contributed by atoms with Crippen molar-refractivity contribution in [1.29, 1.82) is 0 Å². The second kappa shape index (κ2) is 7.81. The summed E-state index contributed by atoms with van der Waals surface area (Å²) in [5, 5.41) is 7.35. The fraction of sp³-hybridized carbons (Fsp3) is 0.444. The zero-order chi connectivity index (χ0) is 15.9. The minimum Gasteiger partial charge on any atom is -0.493 e. The quantitative estimate of drug-likeness (QED) is 0.882. The molecule has 1 aromatic heterocycles. The molecular weight excluding hydrogens is 290 g/mol. The lowest BCUT2D eigenvalue weighted by atomic mass is 9.96. The van der Waals surface area contributed by atoms with Crippen molar-refractivity contribution in [2.24, 2.45) is 0 Å². The van der Waals surface area contributed by atoms with Gasteiger partial charge in [0.05, 0.1) is 25.3 Å². The van der Waals surface area contributed by atoms with Gasteiger partial charge >= 0.3 is 0 Å². The third-order valence-electron chi connectivity index (χ3n) is 4.20. The van der Waals surface area contributed by atoms with Crippen LogP contribution in [0.4, 0.5) is 5.82 Å². The molecule has 1 amide bonds. The second-order valence-corrected chi connectivity index (χ2v) is 5.91. The number of hydrogen-bond donors (Lipinski definition) is 1. The third-order valence-corrected chi connectivity index (χ3v) is 4.20. The highest BCUT2D eigenvalue weighted by atomic mass is 16.5. The van der Waals surface area contributed by atoms with Gasteiger partial charge in [0.15, 0.2) is 0 Å². The summed E-state index contributed by atoms with van der Waals surface area (Å²) in [5.74, 6) is 1.53. The van der Waals surface area contributed by atoms with E-state index < -0.39 is 0 Å². The number of hydrogen-bond acceptors (Lipinski definition) is 3. The van der Waals surface area contributed by atoms with E-state index in [-0.39, 0.29) is 5.91 Å². The highest BCUT2D eigenvalue weighted by Crippen LogP contribution is 2.29. The minimum atomic E-state index is -0.0431. The maximum Gasteiger partial charge on any atom is 0.228 e. The van der Waals surface area contributed by atoms with Crippen molar-refractivity contribution >= 4 is 11.7 Å². The summed E-state index contributed by atoms with van der Waals surface area (Å²) in [5.41, 5.74) is 0. The molecule has 0 unspecified atom stereocenters. The van der Waals surface area contributed by atoms with Gasteiger partial charge in [0.1, 0.15) is 11.6 Å². The van der Waals surface area contributed by atoms with Crippen LogP contribution in [0.5, 0.6) is 5.75 Å². The predicted molar refractivity (Wildman–Crippen MR) is 89.5 cm³/mol. The van der Waals surface area contributed by atoms with Crippen molar-refractivity contribution in [2.45, 2.75) is 44.6 Å². The first kappa shape index (κ1) is 15.6. The topological polar surface area (TPSA) is 56.1 Å². The van der Waals surface area contributed by atoms with Crippen molar-refractivity contribution in [3.05, 3.63) is 42.6 Å². The number of nitrogens with zero attached hydrogens (tertiary/aromatic N) is 2. The van der Waals surface area contributed by atoms with Crippen molar-refractivity contribution in [2.75, 3.05) is 11.9 Å². The Bertz CT molecular complexity index is 618. The molecule has 5 nitrogen and oxygen atoms in total. The molecule has 0 bridgehead atoms. The van der Waals surface area contributed by atoms with E-state index in [2.05, 4.69) is 10.4 Å². The Kier molecular flexibility index (Phi) is 5.29. The van der Waals surface area contributed by atoms with Crippen LogP contribution in [0.1, 0.15) is 44.6 Å². The number of amides is 1. The predicted octanol–water partition coefficient (Wildman–Crippen LogP) is 3.80. The summed E-state index contributed by atoms with van der Waals surface area (Å²) < 4.78 is 7.53. The normalized spacial score (nSPS) is 15.3. The molecule has 1 aliphatic carbocycles. The van der Waals surface area contributed by atoms with E-state index in [1.54, 1.807) is 6.20 Å². The summed E-state index contributed by atoms with van der Waals surface area (Å²) in [4.78, 5) is 12.1. The molecule has 5 heteroatoms. The molecule has 0 radical (unpaired) electrons. The van der Waals surface area contributed by atoms with Gasteiger partial charge in [-0.1, -0.05) is 37.5 Å². The van der Waals surface area contributed by atoms with Gasteiger partial charge in [-0.25, -0.2) is 4.68 Å². The van der Waals surface area contributed by atoms with Crippen LogP contribution >= 0.6 is 0 Å². The molecule has 23 heavy (non-hydrogen) atoms. The van der Waals surface area contributed by atoms with Gasteiger partial charge in [-0.15, -0.1) is 0 Å². The number of ether oxygens (including phenoxy) is 1. The van der Waals surface area contributed by atoms with Gasteiger partial charge in [0.2, 0.25) is 5.91 Å². The molecule has 1 fully saturated rings. The summed E-state index contributed by atoms with van der Waals surface area (Å²) in [6.07, 6.45) is 8.14. The van der Waals surface area contributed by atoms with Gasteiger partial charge in [-0.3, -0.25) is 4.79 Å². The molecule has 1 aromatic carbocycles. The molecule has 1 aliphatic rings. The van der Waals surface area contributed by atoms with Crippen LogP contribution in [-0.4, -0.2) is 22.3 Å². The monoisotopic (exact) mass is 313 g/mol. The number of nitrogens with one attached hydrogen (secondary N) is 1. The lowest BCUT2D eigenvalue weighted by molar-refractivity contribution is -0.116. The van der Waals surface area contributed by atoms with Gasteiger partial charge in [0.25, 0.3) is 0 Å². The van der Waals surface area contributed by atoms with Crippen molar-refractivity contribution < 1.29 is 9.53 Å². The number of aromatic nitrogens is 2. The van der Waals surface area contributed by atoms with Crippen LogP contribution in [-0.2, 0) is 4.79 Å². The fourth-order valence-corrected chi connectivity index (χ4v) is 3.01. The zero-order valence-corrected chi connectivity index (χ0v) is 13.3. The first-order chi connectivity index (χ1) is 11.3. The molecule has 0 atom stereocenters. The van der Waals surface area contributed by atoms with Crippen LogP contribution in [0.15, 0.2) is 42.6 Å². The Morgan fingerprint density at radius 3 is 2.74 bits per heavy atom. The molecule has 122 valence electrons.